The van der Waals surface area contributed by atoms with Gasteiger partial charge >= 0.3 is 0 Å². The number of ether oxygens (including phenoxy) is 2. The van der Waals surface area contributed by atoms with E-state index in [1.807, 2.05) is 6.07 Å². The van der Waals surface area contributed by atoms with Crippen molar-refractivity contribution in [2.45, 2.75) is 6.42 Å². The van der Waals surface area contributed by atoms with Crippen molar-refractivity contribution in [1.29, 1.82) is 0 Å². The molecule has 9 nitrogen and oxygen atoms in total. The Labute approximate surface area is 192 Å². The number of carbonyl (C=O) groups is 3. The van der Waals surface area contributed by atoms with Crippen LogP contribution in [0.1, 0.15) is 22.3 Å². The molecule has 2 heterocycles. The summed E-state index contributed by atoms with van der Waals surface area (Å²) in [5.74, 6) is -0.171. The topological polar surface area (TPSA) is 117 Å². The highest BCUT2D eigenvalue weighted by molar-refractivity contribution is 8.26. The molecule has 32 heavy (non-hydrogen) atoms. The van der Waals surface area contributed by atoms with E-state index < -0.39 is 11.8 Å². The van der Waals surface area contributed by atoms with Crippen LogP contribution in [0.25, 0.3) is 6.08 Å². The van der Waals surface area contributed by atoms with Crippen molar-refractivity contribution in [2.75, 3.05) is 13.3 Å². The van der Waals surface area contributed by atoms with Crippen LogP contribution in [0, 0.1) is 0 Å². The Morgan fingerprint density at radius 3 is 2.78 bits per heavy atom. The van der Waals surface area contributed by atoms with Crippen LogP contribution in [0.3, 0.4) is 0 Å². The number of aromatic hydroxyl groups is 1. The molecular weight excluding hydrogens is 454 g/mol. The molecule has 3 amide bonds. The molecule has 0 saturated carbocycles. The van der Waals surface area contributed by atoms with E-state index in [-0.39, 0.29) is 37.0 Å². The van der Waals surface area contributed by atoms with Crippen molar-refractivity contribution in [3.05, 3.63) is 58.5 Å². The van der Waals surface area contributed by atoms with Crippen LogP contribution in [-0.4, -0.2) is 45.4 Å². The van der Waals surface area contributed by atoms with E-state index in [2.05, 4.69) is 10.9 Å². The number of phenolic OH excluding ortho intramolecular Hbond substituents is 1. The molecule has 3 N–H and O–H groups in total. The predicted octanol–water partition coefficient (Wildman–Crippen LogP) is 2.17. The van der Waals surface area contributed by atoms with Crippen molar-refractivity contribution in [3.63, 3.8) is 0 Å². The van der Waals surface area contributed by atoms with E-state index in [1.165, 1.54) is 29.2 Å². The lowest BCUT2D eigenvalue weighted by atomic mass is 10.2. The molecule has 0 radical (unpaired) electrons. The molecule has 0 atom stereocenters. The van der Waals surface area contributed by atoms with Gasteiger partial charge in [-0.3, -0.25) is 30.1 Å². The maximum atomic E-state index is 12.7. The Kier molecular flexibility index (Phi) is 6.28. The number of hydrogen-bond donors (Lipinski definition) is 3. The Morgan fingerprint density at radius 2 is 1.97 bits per heavy atom. The zero-order chi connectivity index (χ0) is 22.7. The number of nitrogens with one attached hydrogen (secondary N) is 2. The molecule has 2 aliphatic heterocycles. The van der Waals surface area contributed by atoms with Gasteiger partial charge in [0.25, 0.3) is 11.8 Å². The summed E-state index contributed by atoms with van der Waals surface area (Å²) in [7, 11) is 0. The second kappa shape index (κ2) is 9.28. The third-order valence-corrected chi connectivity index (χ3v) is 5.93. The van der Waals surface area contributed by atoms with Gasteiger partial charge in [0, 0.05) is 18.5 Å². The summed E-state index contributed by atoms with van der Waals surface area (Å²) in [5.41, 5.74) is 5.50. The molecular formula is C21H17N3O6S2. The molecule has 2 aromatic carbocycles. The molecule has 164 valence electrons. The number of hydrazine groups is 1. The smallest absolute Gasteiger partial charge is 0.269 e. The highest BCUT2D eigenvalue weighted by atomic mass is 32.2. The number of benzene rings is 2. The van der Waals surface area contributed by atoms with Crippen LogP contribution in [0.15, 0.2) is 47.4 Å². The highest BCUT2D eigenvalue weighted by Crippen LogP contribution is 2.36. The lowest BCUT2D eigenvalue weighted by Crippen LogP contribution is -2.43. The number of thioether (sulfide) groups is 1. The van der Waals surface area contributed by atoms with Gasteiger partial charge in [-0.15, -0.1) is 0 Å². The molecule has 0 spiro atoms. The maximum absolute atomic E-state index is 12.7. The van der Waals surface area contributed by atoms with Crippen LogP contribution >= 0.6 is 24.0 Å². The van der Waals surface area contributed by atoms with E-state index in [9.17, 15) is 19.5 Å². The second-order valence-electron chi connectivity index (χ2n) is 6.75. The number of thiocarbonyl (C=S) groups is 1. The normalized spacial score (nSPS) is 15.9. The molecule has 2 aromatic rings. The lowest BCUT2D eigenvalue weighted by molar-refractivity contribution is -0.124. The SMILES string of the molecule is O=C(CCN1C(=O)/C(=C/c2ccc3c(c2)OCO3)SC1=S)NNC(=O)c1cccc(O)c1. The number of fused-ring (bicyclic) bond motifs is 1. The van der Waals surface area contributed by atoms with Crippen molar-refractivity contribution in [3.8, 4) is 17.2 Å². The van der Waals surface area contributed by atoms with Gasteiger partial charge in [-0.2, -0.15) is 0 Å². The fraction of sp³-hybridized carbons (Fsp3) is 0.143. The number of carbonyl (C=O) groups excluding carboxylic acids is 3. The average Bonchev–Trinajstić information content (AvgIpc) is 3.34. The number of nitrogens with zero attached hydrogens (tertiary/aromatic N) is 1. The van der Waals surface area contributed by atoms with Gasteiger partial charge < -0.3 is 14.6 Å². The van der Waals surface area contributed by atoms with E-state index in [0.29, 0.717) is 20.7 Å². The second-order valence-corrected chi connectivity index (χ2v) is 8.42. The minimum absolute atomic E-state index is 0.0628. The largest absolute Gasteiger partial charge is 0.508 e. The first-order chi connectivity index (χ1) is 15.4. The molecule has 0 unspecified atom stereocenters. The number of phenols is 1. The number of hydrogen-bond acceptors (Lipinski definition) is 8. The van der Waals surface area contributed by atoms with Gasteiger partial charge in [0.2, 0.25) is 12.7 Å². The Hall–Kier alpha value is -3.57. The summed E-state index contributed by atoms with van der Waals surface area (Å²) in [6.07, 6.45) is 1.64. The summed E-state index contributed by atoms with van der Waals surface area (Å²) in [6.45, 7) is 0.230. The zero-order valence-corrected chi connectivity index (χ0v) is 18.1. The van der Waals surface area contributed by atoms with E-state index >= 15 is 0 Å². The monoisotopic (exact) mass is 471 g/mol. The van der Waals surface area contributed by atoms with Crippen LogP contribution in [0.5, 0.6) is 17.2 Å². The molecule has 1 saturated heterocycles. The number of amides is 3. The van der Waals surface area contributed by atoms with Crippen molar-refractivity contribution < 1.29 is 29.0 Å². The van der Waals surface area contributed by atoms with Gasteiger partial charge in [-0.25, -0.2) is 0 Å². The molecule has 0 aromatic heterocycles. The first-order valence-corrected chi connectivity index (χ1v) is 10.7. The van der Waals surface area contributed by atoms with E-state index in [1.54, 1.807) is 18.2 Å². The predicted molar refractivity (Wildman–Crippen MR) is 121 cm³/mol. The van der Waals surface area contributed by atoms with Gasteiger partial charge in [0.15, 0.2) is 11.5 Å². The van der Waals surface area contributed by atoms with Gasteiger partial charge in [-0.05, 0) is 42.0 Å². The Bertz CT molecular complexity index is 1150. The van der Waals surface area contributed by atoms with Gasteiger partial charge in [0.1, 0.15) is 10.1 Å². The quantitative estimate of drug-likeness (QED) is 0.345. The number of rotatable bonds is 5. The Balaban J connectivity index is 1.30. The summed E-state index contributed by atoms with van der Waals surface area (Å²) in [5, 5.41) is 9.41. The third-order valence-electron chi connectivity index (χ3n) is 4.55. The minimum atomic E-state index is -0.577. The van der Waals surface area contributed by atoms with Crippen molar-refractivity contribution in [2.24, 2.45) is 0 Å². The lowest BCUT2D eigenvalue weighted by Gasteiger charge is -2.14. The first-order valence-electron chi connectivity index (χ1n) is 9.44. The average molecular weight is 472 g/mol. The fourth-order valence-corrected chi connectivity index (χ4v) is 4.28. The molecule has 4 rings (SSSR count). The molecule has 2 aliphatic rings. The fourth-order valence-electron chi connectivity index (χ4n) is 2.97. The van der Waals surface area contributed by atoms with Gasteiger partial charge in [0.05, 0.1) is 4.91 Å². The van der Waals surface area contributed by atoms with Crippen LogP contribution < -0.4 is 20.3 Å². The van der Waals surface area contributed by atoms with Crippen LogP contribution in [0.4, 0.5) is 0 Å². The molecule has 0 aliphatic carbocycles. The zero-order valence-electron chi connectivity index (χ0n) is 16.5. The molecule has 0 bridgehead atoms. The van der Waals surface area contributed by atoms with E-state index in [0.717, 1.165) is 17.3 Å². The first kappa shape index (κ1) is 21.7. The maximum Gasteiger partial charge on any atom is 0.269 e. The minimum Gasteiger partial charge on any atom is -0.508 e. The van der Waals surface area contributed by atoms with E-state index in [4.69, 9.17) is 21.7 Å². The van der Waals surface area contributed by atoms with Gasteiger partial charge in [-0.1, -0.05) is 36.1 Å². The van der Waals surface area contributed by atoms with Crippen LogP contribution in [0.2, 0.25) is 0 Å². The third kappa shape index (κ3) is 4.84. The standard InChI is InChI=1S/C21H17N3O6S2/c25-14-3-1-2-13(10-14)19(27)23-22-18(26)6-7-24-20(28)17(32-21(24)31)9-12-4-5-15-16(8-12)30-11-29-15/h1-5,8-10,25H,6-7,11H2,(H,22,26)(H,23,27)/b17-9-. The molecule has 11 heteroatoms. The summed E-state index contributed by atoms with van der Waals surface area (Å²) < 4.78 is 11.0. The van der Waals surface area contributed by atoms with Crippen molar-refractivity contribution in [1.82, 2.24) is 15.8 Å². The summed E-state index contributed by atoms with van der Waals surface area (Å²) >= 11 is 6.43. The summed E-state index contributed by atoms with van der Waals surface area (Å²) in [6, 6.07) is 11.1. The Morgan fingerprint density at radius 1 is 1.16 bits per heavy atom. The van der Waals surface area contributed by atoms with Crippen molar-refractivity contribution >= 4 is 52.1 Å². The summed E-state index contributed by atoms with van der Waals surface area (Å²) in [4.78, 5) is 38.6. The molecule has 1 fully saturated rings. The van der Waals surface area contributed by atoms with Crippen LogP contribution in [-0.2, 0) is 9.59 Å². The highest BCUT2D eigenvalue weighted by Gasteiger charge is 2.32.